The Morgan fingerprint density at radius 2 is 1.77 bits per heavy atom. The third kappa shape index (κ3) is 13.3. The summed E-state index contributed by atoms with van der Waals surface area (Å²) >= 11 is 0. The third-order valence-electron chi connectivity index (χ3n) is 3.63. The minimum Gasteiger partial charge on any atom is -0.444 e. The van der Waals surface area contributed by atoms with Gasteiger partial charge in [0.1, 0.15) is 5.60 Å². The number of ether oxygens (including phenoxy) is 1. The molecule has 0 fully saturated rings. The summed E-state index contributed by atoms with van der Waals surface area (Å²) in [4.78, 5) is 27.8. The van der Waals surface area contributed by atoms with E-state index >= 15 is 0 Å². The monoisotopic (exact) mass is 435 g/mol. The minimum absolute atomic E-state index is 0. The number of alkyl carbamates (subject to hydrolysis) is 1. The van der Waals surface area contributed by atoms with Gasteiger partial charge in [-0.2, -0.15) is 6.07 Å². The topological polar surface area (TPSA) is 71.5 Å². The zero-order valence-electron chi connectivity index (χ0n) is 18.5. The van der Waals surface area contributed by atoms with Crippen LogP contribution in [-0.2, 0) is 22.6 Å². The molecule has 30 heavy (non-hydrogen) atoms. The molecule has 0 aliphatic carbocycles. The molecule has 1 N–H and O–H groups in total. The van der Waals surface area contributed by atoms with Crippen LogP contribution in [0.5, 0.6) is 0 Å². The van der Waals surface area contributed by atoms with Gasteiger partial charge in [-0.1, -0.05) is 42.1 Å². The summed E-state index contributed by atoms with van der Waals surface area (Å²) in [6, 6.07) is 12.0. The third-order valence-corrected chi connectivity index (χ3v) is 3.63. The van der Waals surface area contributed by atoms with E-state index in [9.17, 15) is 9.59 Å². The first-order chi connectivity index (χ1) is 13.8. The SMILES string of the molecule is CC(C)(C)OC(=O)NCc1cncc([C-]=O)c1.[CH2-]CN(C[CH2-])Cc1ccccc1.[K+]. The Hall–Kier alpha value is -1.09. The maximum atomic E-state index is 11.4. The van der Waals surface area contributed by atoms with Crippen molar-refractivity contribution in [3.63, 3.8) is 0 Å². The van der Waals surface area contributed by atoms with Crippen molar-refractivity contribution >= 4 is 12.4 Å². The number of rotatable bonds is 7. The van der Waals surface area contributed by atoms with E-state index in [0.29, 0.717) is 5.56 Å². The fourth-order valence-electron chi connectivity index (χ4n) is 2.24. The summed E-state index contributed by atoms with van der Waals surface area (Å²) < 4.78 is 5.07. The van der Waals surface area contributed by atoms with Gasteiger partial charge < -0.3 is 38.6 Å². The summed E-state index contributed by atoms with van der Waals surface area (Å²) in [5.74, 6) is 0. The van der Waals surface area contributed by atoms with Crippen molar-refractivity contribution in [3.8, 4) is 0 Å². The molecule has 2 aromatic rings. The fraction of sp³-hybridized carbons (Fsp3) is 0.348. The average Bonchev–Trinajstić information content (AvgIpc) is 2.70. The van der Waals surface area contributed by atoms with Gasteiger partial charge >= 0.3 is 57.5 Å². The molecule has 1 amide bonds. The molecule has 0 saturated heterocycles. The maximum Gasteiger partial charge on any atom is 1.00 e. The molecule has 0 aliphatic rings. The summed E-state index contributed by atoms with van der Waals surface area (Å²) in [5, 5.41) is 2.58. The van der Waals surface area contributed by atoms with Crippen LogP contribution in [-0.4, -0.2) is 41.0 Å². The van der Waals surface area contributed by atoms with E-state index in [1.54, 1.807) is 39.3 Å². The van der Waals surface area contributed by atoms with Crippen LogP contribution in [0.25, 0.3) is 0 Å². The Kier molecular flexibility index (Phi) is 15.1. The Morgan fingerprint density at radius 3 is 2.30 bits per heavy atom. The van der Waals surface area contributed by atoms with Crippen LogP contribution < -0.4 is 56.7 Å². The van der Waals surface area contributed by atoms with Crippen molar-refractivity contribution in [2.24, 2.45) is 0 Å². The Bertz CT molecular complexity index is 745. The van der Waals surface area contributed by atoms with E-state index in [4.69, 9.17) is 4.74 Å². The normalized spacial score (nSPS) is 10.3. The fourth-order valence-corrected chi connectivity index (χ4v) is 2.24. The predicted octanol–water partition coefficient (Wildman–Crippen LogP) is 0.725. The van der Waals surface area contributed by atoms with Gasteiger partial charge in [-0.3, -0.25) is 0 Å². The van der Waals surface area contributed by atoms with E-state index in [1.807, 2.05) is 6.07 Å². The second-order valence-electron chi connectivity index (χ2n) is 7.30. The standard InChI is InChI=1S/C12H15N2O3.C11H15N.K/c1-12(2,3)17-11(16)14-7-9-4-10(8-15)6-13-5-9;1-3-12(4-2)10-11-8-6-5-7-9-11;/h4-6H,7H2,1-3H3,(H,14,16);5-9H,1-4,10H2;/q-1;-2;+1. The molecule has 0 bridgehead atoms. The van der Waals surface area contributed by atoms with Crippen LogP contribution in [0.3, 0.4) is 0 Å². The molecule has 0 radical (unpaired) electrons. The van der Waals surface area contributed by atoms with Gasteiger partial charge in [-0.05, 0) is 26.3 Å². The van der Waals surface area contributed by atoms with Gasteiger partial charge in [0.25, 0.3) is 0 Å². The molecule has 1 aromatic heterocycles. The molecule has 0 atom stereocenters. The number of aromatic nitrogens is 1. The van der Waals surface area contributed by atoms with E-state index in [2.05, 4.69) is 53.3 Å². The molecule has 0 unspecified atom stereocenters. The summed E-state index contributed by atoms with van der Waals surface area (Å²) in [5.41, 5.74) is 1.87. The smallest absolute Gasteiger partial charge is 0.444 e. The number of nitrogens with one attached hydrogen (secondary N) is 1. The van der Waals surface area contributed by atoms with Crippen LogP contribution in [0, 0.1) is 13.8 Å². The molecule has 158 valence electrons. The van der Waals surface area contributed by atoms with Crippen LogP contribution in [0.4, 0.5) is 4.79 Å². The van der Waals surface area contributed by atoms with Crippen molar-refractivity contribution < 1.29 is 65.7 Å². The number of hydrogen-bond donors (Lipinski definition) is 1. The second kappa shape index (κ2) is 15.7. The molecule has 0 aliphatic heterocycles. The first-order valence-corrected chi connectivity index (χ1v) is 9.41. The molecular formula is C23H30KN3O3-2. The zero-order valence-corrected chi connectivity index (χ0v) is 21.6. The average molecular weight is 436 g/mol. The summed E-state index contributed by atoms with van der Waals surface area (Å²) in [6.45, 7) is 15.9. The van der Waals surface area contributed by atoms with Crippen LogP contribution in [0.1, 0.15) is 37.5 Å². The number of carbonyl (C=O) groups is 1. The molecule has 0 spiro atoms. The van der Waals surface area contributed by atoms with Gasteiger partial charge in [0.2, 0.25) is 0 Å². The first kappa shape index (κ1) is 28.9. The van der Waals surface area contributed by atoms with Gasteiger partial charge in [0, 0.05) is 19.3 Å². The van der Waals surface area contributed by atoms with Gasteiger partial charge in [-0.25, -0.2) is 4.79 Å². The Morgan fingerprint density at radius 1 is 1.13 bits per heavy atom. The Balaban J connectivity index is 0.000000573. The number of carbonyl (C=O) groups excluding carboxylic acids is 2. The first-order valence-electron chi connectivity index (χ1n) is 9.41. The van der Waals surface area contributed by atoms with Crippen molar-refractivity contribution in [1.29, 1.82) is 0 Å². The van der Waals surface area contributed by atoms with E-state index in [0.717, 1.165) is 25.2 Å². The number of benzene rings is 1. The maximum absolute atomic E-state index is 11.4. The zero-order chi connectivity index (χ0) is 21.7. The van der Waals surface area contributed by atoms with Crippen molar-refractivity contribution in [3.05, 3.63) is 79.3 Å². The summed E-state index contributed by atoms with van der Waals surface area (Å²) in [6.07, 6.45) is 4.21. The molecule has 1 heterocycles. The number of nitrogens with zero attached hydrogens (tertiary/aromatic N) is 2. The quantitative estimate of drug-likeness (QED) is 0.513. The second-order valence-corrected chi connectivity index (χ2v) is 7.30. The Labute approximate surface area is 223 Å². The largest absolute Gasteiger partial charge is 1.00 e. The minimum atomic E-state index is -0.527. The molecule has 6 nitrogen and oxygen atoms in total. The van der Waals surface area contributed by atoms with E-state index < -0.39 is 11.7 Å². The predicted molar refractivity (Wildman–Crippen MR) is 115 cm³/mol. The van der Waals surface area contributed by atoms with Crippen molar-refractivity contribution in [2.75, 3.05) is 13.1 Å². The number of amides is 1. The van der Waals surface area contributed by atoms with Crippen LogP contribution >= 0.6 is 0 Å². The molecular weight excluding hydrogens is 405 g/mol. The van der Waals surface area contributed by atoms with E-state index in [-0.39, 0.29) is 57.9 Å². The number of hydrogen-bond acceptors (Lipinski definition) is 5. The van der Waals surface area contributed by atoms with Crippen molar-refractivity contribution in [2.45, 2.75) is 39.5 Å². The molecule has 2 rings (SSSR count). The van der Waals surface area contributed by atoms with Gasteiger partial charge in [-0.15, -0.1) is 18.7 Å². The van der Waals surface area contributed by atoms with Gasteiger partial charge in [0.05, 0.1) is 6.29 Å². The van der Waals surface area contributed by atoms with Gasteiger partial charge in [0.15, 0.2) is 0 Å². The van der Waals surface area contributed by atoms with Crippen molar-refractivity contribution in [1.82, 2.24) is 15.2 Å². The molecule has 0 saturated carbocycles. The molecule has 7 heteroatoms. The van der Waals surface area contributed by atoms with Crippen LogP contribution in [0.15, 0.2) is 48.8 Å². The molecule has 1 aromatic carbocycles. The van der Waals surface area contributed by atoms with Crippen LogP contribution in [0.2, 0.25) is 0 Å². The van der Waals surface area contributed by atoms with E-state index in [1.165, 1.54) is 11.8 Å². The number of pyridine rings is 1. The summed E-state index contributed by atoms with van der Waals surface area (Å²) in [7, 11) is 0.